The third kappa shape index (κ3) is 4.38. The average Bonchev–Trinajstić information content (AvgIpc) is 2.86. The molecule has 0 saturated carbocycles. The van der Waals surface area contributed by atoms with Crippen LogP contribution in [-0.2, 0) is 9.53 Å². The molecule has 6 nitrogen and oxygen atoms in total. The van der Waals surface area contributed by atoms with E-state index in [1.165, 1.54) is 4.90 Å². The van der Waals surface area contributed by atoms with Crippen LogP contribution in [0.15, 0.2) is 0 Å². The van der Waals surface area contributed by atoms with Gasteiger partial charge in [-0.3, -0.25) is 0 Å². The van der Waals surface area contributed by atoms with E-state index in [2.05, 4.69) is 5.32 Å². The number of nitrogens with zero attached hydrogens (tertiary/aromatic N) is 1. The molecule has 0 aromatic heterocycles. The quantitative estimate of drug-likeness (QED) is 0.743. The van der Waals surface area contributed by atoms with Gasteiger partial charge in [-0.25, -0.2) is 9.59 Å². The predicted octanol–water partition coefficient (Wildman–Crippen LogP) is 0.623. The van der Waals surface area contributed by atoms with Gasteiger partial charge in [0.2, 0.25) is 0 Å². The van der Waals surface area contributed by atoms with Crippen LogP contribution in [0.1, 0.15) is 12.8 Å². The van der Waals surface area contributed by atoms with E-state index in [-0.39, 0.29) is 12.1 Å². The van der Waals surface area contributed by atoms with E-state index >= 15 is 0 Å². The fraction of sp³-hybridized carbons (Fsp3) is 0.818. The lowest BCUT2D eigenvalue weighted by Crippen LogP contribution is -2.50. The predicted molar refractivity (Wildman–Crippen MR) is 69.9 cm³/mol. The van der Waals surface area contributed by atoms with Gasteiger partial charge < -0.3 is 20.1 Å². The molecule has 2 amide bonds. The highest BCUT2D eigenvalue weighted by Crippen LogP contribution is 2.11. The maximum Gasteiger partial charge on any atom is 0.326 e. The molecule has 18 heavy (non-hydrogen) atoms. The number of amides is 2. The second-order valence-corrected chi connectivity index (χ2v) is 5.24. The van der Waals surface area contributed by atoms with E-state index in [0.29, 0.717) is 25.4 Å². The van der Waals surface area contributed by atoms with Gasteiger partial charge in [-0.05, 0) is 24.9 Å². The Morgan fingerprint density at radius 2 is 2.33 bits per heavy atom. The number of hydrogen-bond donors (Lipinski definition) is 2. The summed E-state index contributed by atoms with van der Waals surface area (Å²) in [5.74, 6) is -0.290. The van der Waals surface area contributed by atoms with Gasteiger partial charge in [0.15, 0.2) is 0 Å². The molecule has 2 N–H and O–H groups in total. The molecule has 0 bridgehead atoms. The third-order valence-electron chi connectivity index (χ3n) is 2.98. The topological polar surface area (TPSA) is 78.9 Å². The van der Waals surface area contributed by atoms with E-state index in [9.17, 15) is 9.59 Å². The first-order valence-electron chi connectivity index (χ1n) is 5.89. The summed E-state index contributed by atoms with van der Waals surface area (Å²) in [6.07, 6.45) is 3.13. The molecule has 0 aliphatic carbocycles. The van der Waals surface area contributed by atoms with Gasteiger partial charge in [-0.1, -0.05) is 0 Å². The Morgan fingerprint density at radius 1 is 1.61 bits per heavy atom. The van der Waals surface area contributed by atoms with Gasteiger partial charge in [0.25, 0.3) is 0 Å². The maximum absolute atomic E-state index is 11.9. The van der Waals surface area contributed by atoms with Crippen LogP contribution < -0.4 is 5.32 Å². The highest BCUT2D eigenvalue weighted by Gasteiger charge is 2.27. The standard InChI is InChI=1S/C11H20N2O4S/c1-13(8-3-5-17-7-8)11(16)12-9(10(14)15)4-6-18-2/h8-9H,3-7H2,1-2H3,(H,12,16)(H,14,15)/t8?,9-/m0/s1. The lowest BCUT2D eigenvalue weighted by Gasteiger charge is -2.25. The van der Waals surface area contributed by atoms with Gasteiger partial charge in [0.05, 0.1) is 12.6 Å². The van der Waals surface area contributed by atoms with Gasteiger partial charge in [-0.15, -0.1) is 0 Å². The number of aliphatic carboxylic acids is 1. The number of hydrogen-bond acceptors (Lipinski definition) is 4. The number of carbonyl (C=O) groups excluding carboxylic acids is 1. The van der Waals surface area contributed by atoms with Crippen molar-refractivity contribution in [3.63, 3.8) is 0 Å². The third-order valence-corrected chi connectivity index (χ3v) is 3.62. The molecule has 7 heteroatoms. The maximum atomic E-state index is 11.9. The Hall–Kier alpha value is -0.950. The van der Waals surface area contributed by atoms with Crippen molar-refractivity contribution >= 4 is 23.8 Å². The molecule has 1 unspecified atom stereocenters. The molecule has 0 aromatic rings. The lowest BCUT2D eigenvalue weighted by molar-refractivity contribution is -0.139. The Labute approximate surface area is 111 Å². The molecule has 1 aliphatic rings. The number of carboxylic acid groups (broad SMARTS) is 1. The van der Waals surface area contributed by atoms with Crippen LogP contribution in [0.3, 0.4) is 0 Å². The highest BCUT2D eigenvalue weighted by molar-refractivity contribution is 7.98. The minimum atomic E-state index is -0.992. The number of carbonyl (C=O) groups is 2. The second-order valence-electron chi connectivity index (χ2n) is 4.25. The smallest absolute Gasteiger partial charge is 0.326 e. The first-order valence-corrected chi connectivity index (χ1v) is 7.28. The molecule has 1 fully saturated rings. The number of ether oxygens (including phenoxy) is 1. The molecule has 1 rings (SSSR count). The van der Waals surface area contributed by atoms with Gasteiger partial charge in [-0.2, -0.15) is 11.8 Å². The van der Waals surface area contributed by atoms with Gasteiger partial charge >= 0.3 is 12.0 Å². The largest absolute Gasteiger partial charge is 0.480 e. The van der Waals surface area contributed by atoms with Crippen LogP contribution in [0.25, 0.3) is 0 Å². The van der Waals surface area contributed by atoms with Crippen molar-refractivity contribution < 1.29 is 19.4 Å². The highest BCUT2D eigenvalue weighted by atomic mass is 32.2. The number of nitrogens with one attached hydrogen (secondary N) is 1. The molecule has 2 atom stereocenters. The first-order chi connectivity index (χ1) is 8.56. The number of thioether (sulfide) groups is 1. The zero-order valence-electron chi connectivity index (χ0n) is 10.7. The zero-order valence-corrected chi connectivity index (χ0v) is 11.5. The molecule has 1 saturated heterocycles. The SMILES string of the molecule is CSCC[C@H](NC(=O)N(C)C1CCOC1)C(=O)O. The molecular weight excluding hydrogens is 256 g/mol. The van der Waals surface area contributed by atoms with Crippen molar-refractivity contribution in [3.8, 4) is 0 Å². The Balaban J connectivity index is 2.46. The minimum absolute atomic E-state index is 0.0417. The van der Waals surface area contributed by atoms with Crippen LogP contribution >= 0.6 is 11.8 Å². The van der Waals surface area contributed by atoms with Crippen molar-refractivity contribution in [1.29, 1.82) is 0 Å². The summed E-state index contributed by atoms with van der Waals surface area (Å²) in [6, 6.07) is -1.13. The van der Waals surface area contributed by atoms with E-state index < -0.39 is 12.0 Å². The fourth-order valence-electron chi connectivity index (χ4n) is 1.74. The number of urea groups is 1. The molecule has 1 aliphatic heterocycles. The van der Waals surface area contributed by atoms with E-state index in [1.54, 1.807) is 18.8 Å². The summed E-state index contributed by atoms with van der Waals surface area (Å²) in [4.78, 5) is 24.4. The van der Waals surface area contributed by atoms with E-state index in [1.807, 2.05) is 6.26 Å². The summed E-state index contributed by atoms with van der Waals surface area (Å²) in [5.41, 5.74) is 0. The van der Waals surface area contributed by atoms with Crippen molar-refractivity contribution in [3.05, 3.63) is 0 Å². The van der Waals surface area contributed by atoms with Crippen molar-refractivity contribution in [1.82, 2.24) is 10.2 Å². The summed E-state index contributed by atoms with van der Waals surface area (Å²) in [6.45, 7) is 1.17. The Kier molecular flexibility index (Phi) is 6.28. The van der Waals surface area contributed by atoms with Gasteiger partial charge in [0.1, 0.15) is 6.04 Å². The summed E-state index contributed by atoms with van der Waals surface area (Å²) in [7, 11) is 1.67. The first kappa shape index (κ1) is 15.1. The normalized spacial score (nSPS) is 20.4. The minimum Gasteiger partial charge on any atom is -0.480 e. The molecule has 0 spiro atoms. The zero-order chi connectivity index (χ0) is 13.5. The summed E-state index contributed by atoms with van der Waals surface area (Å²) >= 11 is 1.56. The van der Waals surface area contributed by atoms with Crippen LogP contribution in [0, 0.1) is 0 Å². The van der Waals surface area contributed by atoms with Gasteiger partial charge in [0, 0.05) is 13.7 Å². The Morgan fingerprint density at radius 3 is 2.83 bits per heavy atom. The van der Waals surface area contributed by atoms with Crippen LogP contribution in [-0.4, -0.2) is 66.4 Å². The van der Waals surface area contributed by atoms with Crippen molar-refractivity contribution in [2.45, 2.75) is 24.9 Å². The van der Waals surface area contributed by atoms with Crippen molar-refractivity contribution in [2.75, 3.05) is 32.3 Å². The fourth-order valence-corrected chi connectivity index (χ4v) is 2.21. The van der Waals surface area contributed by atoms with Crippen LogP contribution in [0.4, 0.5) is 4.79 Å². The van der Waals surface area contributed by atoms with E-state index in [0.717, 1.165) is 6.42 Å². The number of likely N-dealkylation sites (N-methyl/N-ethyl adjacent to an activating group) is 1. The van der Waals surface area contributed by atoms with Crippen LogP contribution in [0.5, 0.6) is 0 Å². The molecular formula is C11H20N2O4S. The van der Waals surface area contributed by atoms with Crippen LogP contribution in [0.2, 0.25) is 0 Å². The van der Waals surface area contributed by atoms with Crippen molar-refractivity contribution in [2.24, 2.45) is 0 Å². The Bertz CT molecular complexity index is 295. The second kappa shape index (κ2) is 7.48. The number of rotatable bonds is 6. The lowest BCUT2D eigenvalue weighted by atomic mass is 10.2. The summed E-state index contributed by atoms with van der Waals surface area (Å²) < 4.78 is 5.20. The van der Waals surface area contributed by atoms with E-state index in [4.69, 9.17) is 9.84 Å². The molecule has 0 radical (unpaired) electrons. The average molecular weight is 276 g/mol. The molecule has 0 aromatic carbocycles. The molecule has 1 heterocycles. The number of carboxylic acids is 1. The molecule has 104 valence electrons. The monoisotopic (exact) mass is 276 g/mol. The summed E-state index contributed by atoms with van der Waals surface area (Å²) in [5, 5.41) is 11.6.